The van der Waals surface area contributed by atoms with Gasteiger partial charge in [0.05, 0.1) is 25.3 Å². The molecule has 1 fully saturated rings. The van der Waals surface area contributed by atoms with E-state index in [1.807, 2.05) is 6.07 Å². The second kappa shape index (κ2) is 6.92. The molecule has 1 aliphatic heterocycles. The first-order valence-corrected chi connectivity index (χ1v) is 8.21. The number of amides is 3. The zero-order chi connectivity index (χ0) is 19.6. The summed E-state index contributed by atoms with van der Waals surface area (Å²) in [4.78, 5) is 38.7. The third-order valence-electron chi connectivity index (χ3n) is 4.56. The Bertz CT molecular complexity index is 962. The molecule has 2 aromatic rings. The zero-order valence-corrected chi connectivity index (χ0v) is 14.9. The number of imide groups is 1. The molecule has 1 atom stereocenters. The monoisotopic (exact) mass is 363 g/mol. The summed E-state index contributed by atoms with van der Waals surface area (Å²) in [5, 5.41) is 11.5. The number of carbonyl (C=O) groups is 3. The molecular weight excluding hydrogens is 346 g/mol. The Kier molecular flexibility index (Phi) is 4.65. The molecule has 0 aliphatic carbocycles. The van der Waals surface area contributed by atoms with Gasteiger partial charge in [-0.05, 0) is 36.8 Å². The van der Waals surface area contributed by atoms with Crippen molar-refractivity contribution in [2.75, 3.05) is 13.7 Å². The number of nitrogens with one attached hydrogen (secondary N) is 1. The van der Waals surface area contributed by atoms with Gasteiger partial charge in [-0.1, -0.05) is 24.3 Å². The molecule has 1 heterocycles. The smallest absolute Gasteiger partial charge is 0.325 e. The molecule has 27 heavy (non-hydrogen) atoms. The summed E-state index contributed by atoms with van der Waals surface area (Å²) in [6.45, 7) is 1.20. The van der Waals surface area contributed by atoms with E-state index in [1.165, 1.54) is 7.11 Å². The molecule has 7 heteroatoms. The molecule has 1 N–H and O–H groups in total. The summed E-state index contributed by atoms with van der Waals surface area (Å²) in [5.41, 5.74) is 0.0435. The van der Waals surface area contributed by atoms with Crippen molar-refractivity contribution in [3.05, 3.63) is 65.2 Å². The number of nitrogens with zero attached hydrogens (tertiary/aromatic N) is 2. The number of carbonyl (C=O) groups excluding carboxylic acids is 3. The van der Waals surface area contributed by atoms with Crippen molar-refractivity contribution in [3.8, 4) is 11.8 Å². The number of benzene rings is 2. The average Bonchev–Trinajstić information content (AvgIpc) is 2.92. The largest absolute Gasteiger partial charge is 0.497 e. The van der Waals surface area contributed by atoms with Crippen LogP contribution in [0.2, 0.25) is 0 Å². The number of ketones is 1. The van der Waals surface area contributed by atoms with Crippen molar-refractivity contribution in [2.24, 2.45) is 0 Å². The highest BCUT2D eigenvalue weighted by atomic mass is 16.5. The van der Waals surface area contributed by atoms with Crippen molar-refractivity contribution >= 4 is 17.7 Å². The van der Waals surface area contributed by atoms with Crippen molar-refractivity contribution in [3.63, 3.8) is 0 Å². The molecule has 1 unspecified atom stereocenters. The lowest BCUT2D eigenvalue weighted by Gasteiger charge is -2.22. The van der Waals surface area contributed by atoms with Crippen LogP contribution in [0.1, 0.15) is 28.4 Å². The molecule has 3 rings (SSSR count). The van der Waals surface area contributed by atoms with E-state index in [4.69, 9.17) is 10.00 Å². The van der Waals surface area contributed by atoms with Gasteiger partial charge in [0.25, 0.3) is 5.91 Å². The molecular formula is C20H17N3O4. The Morgan fingerprint density at radius 2 is 1.93 bits per heavy atom. The first-order chi connectivity index (χ1) is 12.9. The van der Waals surface area contributed by atoms with Gasteiger partial charge in [-0.25, -0.2) is 4.79 Å². The Labute approximate surface area is 156 Å². The van der Waals surface area contributed by atoms with Crippen LogP contribution in [0.25, 0.3) is 0 Å². The maximum Gasteiger partial charge on any atom is 0.325 e. The van der Waals surface area contributed by atoms with E-state index in [9.17, 15) is 14.4 Å². The first-order valence-electron chi connectivity index (χ1n) is 8.21. The van der Waals surface area contributed by atoms with Crippen LogP contribution in [0.3, 0.4) is 0 Å². The minimum atomic E-state index is -1.29. The number of Topliss-reactive ketones (excluding diaryl/α,β-unsaturated/α-hetero) is 1. The van der Waals surface area contributed by atoms with Crippen LogP contribution in [-0.2, 0) is 10.3 Å². The van der Waals surface area contributed by atoms with Crippen molar-refractivity contribution in [1.82, 2.24) is 10.2 Å². The second-order valence-corrected chi connectivity index (χ2v) is 6.29. The van der Waals surface area contributed by atoms with E-state index in [0.717, 1.165) is 4.90 Å². The zero-order valence-electron chi connectivity index (χ0n) is 14.9. The summed E-state index contributed by atoms with van der Waals surface area (Å²) in [7, 11) is 1.49. The van der Waals surface area contributed by atoms with E-state index >= 15 is 0 Å². The van der Waals surface area contributed by atoms with E-state index in [1.54, 1.807) is 55.5 Å². The summed E-state index contributed by atoms with van der Waals surface area (Å²) in [6.07, 6.45) is 0. The normalized spacial score (nSPS) is 18.8. The molecule has 7 nitrogen and oxygen atoms in total. The van der Waals surface area contributed by atoms with Crippen LogP contribution in [0, 0.1) is 11.3 Å². The van der Waals surface area contributed by atoms with Gasteiger partial charge in [0, 0.05) is 5.56 Å². The highest BCUT2D eigenvalue weighted by Gasteiger charge is 2.49. The number of rotatable bonds is 5. The minimum absolute atomic E-state index is 0.349. The van der Waals surface area contributed by atoms with Crippen LogP contribution >= 0.6 is 0 Å². The maximum atomic E-state index is 12.9. The predicted octanol–water partition coefficient (Wildman–Crippen LogP) is 2.22. The molecule has 2 aromatic carbocycles. The molecule has 0 bridgehead atoms. The lowest BCUT2D eigenvalue weighted by atomic mass is 9.91. The van der Waals surface area contributed by atoms with Crippen LogP contribution in [-0.4, -0.2) is 36.3 Å². The number of ether oxygens (including phenoxy) is 1. The summed E-state index contributed by atoms with van der Waals surface area (Å²) < 4.78 is 5.09. The molecule has 1 aliphatic rings. The highest BCUT2D eigenvalue weighted by Crippen LogP contribution is 2.29. The standard InChI is InChI=1S/C20H17N3O4/c1-20(15-8-6-13(11-21)7-9-15)18(25)23(19(26)22-20)12-17(24)14-4-3-5-16(10-14)27-2/h3-10H,12H2,1-2H3,(H,22,26). The third kappa shape index (κ3) is 3.25. The van der Waals surface area contributed by atoms with Crippen LogP contribution in [0.15, 0.2) is 48.5 Å². The van der Waals surface area contributed by atoms with E-state index < -0.39 is 17.5 Å². The van der Waals surface area contributed by atoms with Crippen molar-refractivity contribution in [1.29, 1.82) is 5.26 Å². The fourth-order valence-electron chi connectivity index (χ4n) is 2.95. The highest BCUT2D eigenvalue weighted by molar-refractivity contribution is 6.11. The minimum Gasteiger partial charge on any atom is -0.497 e. The van der Waals surface area contributed by atoms with Crippen molar-refractivity contribution in [2.45, 2.75) is 12.5 Å². The van der Waals surface area contributed by atoms with Crippen LogP contribution in [0.5, 0.6) is 5.75 Å². The van der Waals surface area contributed by atoms with E-state index in [-0.39, 0.29) is 12.3 Å². The van der Waals surface area contributed by atoms with Crippen LogP contribution in [0.4, 0.5) is 4.79 Å². The number of hydrogen-bond acceptors (Lipinski definition) is 5. The lowest BCUT2D eigenvalue weighted by Crippen LogP contribution is -2.41. The average molecular weight is 363 g/mol. The van der Waals surface area contributed by atoms with Gasteiger partial charge >= 0.3 is 6.03 Å². The van der Waals surface area contributed by atoms with Gasteiger partial charge in [-0.2, -0.15) is 5.26 Å². The number of nitriles is 1. The Morgan fingerprint density at radius 1 is 1.22 bits per heavy atom. The Morgan fingerprint density at radius 3 is 2.56 bits per heavy atom. The summed E-state index contributed by atoms with van der Waals surface area (Å²) >= 11 is 0. The van der Waals surface area contributed by atoms with E-state index in [2.05, 4.69) is 5.32 Å². The predicted molar refractivity (Wildman–Crippen MR) is 96.1 cm³/mol. The molecule has 136 valence electrons. The second-order valence-electron chi connectivity index (χ2n) is 6.29. The van der Waals surface area contributed by atoms with Gasteiger partial charge < -0.3 is 10.1 Å². The summed E-state index contributed by atoms with van der Waals surface area (Å²) in [5.74, 6) is -0.379. The Hall–Kier alpha value is -3.66. The SMILES string of the molecule is COc1cccc(C(=O)CN2C(=O)NC(C)(c3ccc(C#N)cc3)C2=O)c1. The molecule has 1 saturated heterocycles. The third-order valence-corrected chi connectivity index (χ3v) is 4.56. The summed E-state index contributed by atoms with van der Waals surface area (Å²) in [6, 6.07) is 14.3. The van der Waals surface area contributed by atoms with E-state index in [0.29, 0.717) is 22.4 Å². The number of hydrogen-bond donors (Lipinski definition) is 1. The van der Waals surface area contributed by atoms with Gasteiger partial charge in [0.1, 0.15) is 11.3 Å². The molecule has 0 aromatic heterocycles. The number of methoxy groups -OCH3 is 1. The Balaban J connectivity index is 1.83. The fourth-order valence-corrected chi connectivity index (χ4v) is 2.95. The topological polar surface area (TPSA) is 99.5 Å². The van der Waals surface area contributed by atoms with Crippen LogP contribution < -0.4 is 10.1 Å². The van der Waals surface area contributed by atoms with Gasteiger partial charge in [0.15, 0.2) is 5.78 Å². The fraction of sp³-hybridized carbons (Fsp3) is 0.200. The van der Waals surface area contributed by atoms with Gasteiger partial charge in [0.2, 0.25) is 0 Å². The van der Waals surface area contributed by atoms with Gasteiger partial charge in [-0.15, -0.1) is 0 Å². The number of urea groups is 1. The molecule has 0 radical (unpaired) electrons. The van der Waals surface area contributed by atoms with Gasteiger partial charge in [-0.3, -0.25) is 14.5 Å². The molecule has 3 amide bonds. The first kappa shape index (κ1) is 18.1. The molecule has 0 spiro atoms. The van der Waals surface area contributed by atoms with Crippen molar-refractivity contribution < 1.29 is 19.1 Å². The maximum absolute atomic E-state index is 12.9. The molecule has 0 saturated carbocycles. The quantitative estimate of drug-likeness (QED) is 0.649. The lowest BCUT2D eigenvalue weighted by molar-refractivity contribution is -0.130.